The maximum atomic E-state index is 11.4. The Bertz CT molecular complexity index is 663. The van der Waals surface area contributed by atoms with E-state index in [0.717, 1.165) is 16.3 Å². The first kappa shape index (κ1) is 17.3. The summed E-state index contributed by atoms with van der Waals surface area (Å²) in [7, 11) is 0. The van der Waals surface area contributed by atoms with Crippen LogP contribution in [0, 0.1) is 0 Å². The Morgan fingerprint density at radius 3 is 2.52 bits per heavy atom. The van der Waals surface area contributed by atoms with Crippen LogP contribution in [0.1, 0.15) is 6.92 Å². The van der Waals surface area contributed by atoms with Crippen molar-refractivity contribution >= 4 is 46.4 Å². The zero-order valence-corrected chi connectivity index (χ0v) is 14.4. The van der Waals surface area contributed by atoms with Crippen LogP contribution in [-0.4, -0.2) is 23.4 Å². The molecule has 2 aromatic carbocycles. The van der Waals surface area contributed by atoms with Gasteiger partial charge in [-0.15, -0.1) is 11.8 Å². The van der Waals surface area contributed by atoms with E-state index in [4.69, 9.17) is 17.0 Å². The zero-order valence-electron chi connectivity index (χ0n) is 12.7. The Morgan fingerprint density at radius 1 is 1.09 bits per heavy atom. The summed E-state index contributed by atoms with van der Waals surface area (Å²) in [6.45, 7) is 2.20. The van der Waals surface area contributed by atoms with E-state index in [1.807, 2.05) is 54.6 Å². The molecule has 2 aromatic rings. The van der Waals surface area contributed by atoms with Crippen LogP contribution < -0.4 is 10.6 Å². The van der Waals surface area contributed by atoms with E-state index < -0.39 is 0 Å². The fourth-order valence-corrected chi connectivity index (χ4v) is 2.81. The van der Waals surface area contributed by atoms with Crippen molar-refractivity contribution in [1.29, 1.82) is 0 Å². The minimum Gasteiger partial charge on any atom is -0.465 e. The van der Waals surface area contributed by atoms with Crippen LogP contribution in [-0.2, 0) is 9.53 Å². The van der Waals surface area contributed by atoms with Crippen molar-refractivity contribution in [2.75, 3.05) is 23.0 Å². The summed E-state index contributed by atoms with van der Waals surface area (Å²) in [6.07, 6.45) is 0. The summed E-state index contributed by atoms with van der Waals surface area (Å²) in [5, 5.41) is 6.77. The van der Waals surface area contributed by atoms with Gasteiger partial charge in [-0.25, -0.2) is 0 Å². The number of thioether (sulfide) groups is 1. The first-order chi connectivity index (χ1) is 11.2. The molecule has 0 unspecified atom stereocenters. The van der Waals surface area contributed by atoms with Gasteiger partial charge in [0.25, 0.3) is 0 Å². The lowest BCUT2D eigenvalue weighted by molar-refractivity contribution is -0.139. The number of carbonyl (C=O) groups excluding carboxylic acids is 1. The molecular formula is C17H18N2O2S2. The highest BCUT2D eigenvalue weighted by Gasteiger charge is 2.04. The Kier molecular flexibility index (Phi) is 6.90. The zero-order chi connectivity index (χ0) is 16.5. The van der Waals surface area contributed by atoms with Crippen molar-refractivity contribution in [3.8, 4) is 0 Å². The lowest BCUT2D eigenvalue weighted by atomic mass is 10.3. The van der Waals surface area contributed by atoms with Gasteiger partial charge in [0, 0.05) is 16.3 Å². The largest absolute Gasteiger partial charge is 0.465 e. The van der Waals surface area contributed by atoms with Crippen LogP contribution in [0.3, 0.4) is 0 Å². The predicted molar refractivity (Wildman–Crippen MR) is 100 cm³/mol. The van der Waals surface area contributed by atoms with Gasteiger partial charge in [-0.05, 0) is 49.5 Å². The number of hydrogen-bond donors (Lipinski definition) is 2. The average Bonchev–Trinajstić information content (AvgIpc) is 2.54. The molecule has 0 spiro atoms. The maximum absolute atomic E-state index is 11.4. The molecule has 4 nitrogen and oxygen atoms in total. The van der Waals surface area contributed by atoms with Crippen LogP contribution in [0.4, 0.5) is 11.4 Å². The number of esters is 1. The van der Waals surface area contributed by atoms with E-state index in [0.29, 0.717) is 17.5 Å². The molecule has 0 amide bonds. The molecule has 0 saturated carbocycles. The third-order valence-electron chi connectivity index (χ3n) is 2.79. The normalized spacial score (nSPS) is 9.96. The Labute approximate surface area is 145 Å². The van der Waals surface area contributed by atoms with Gasteiger partial charge in [-0.1, -0.05) is 24.3 Å². The number of hydrogen-bond acceptors (Lipinski definition) is 4. The predicted octanol–water partition coefficient (Wildman–Crippen LogP) is 4.15. The van der Waals surface area contributed by atoms with Crippen LogP contribution in [0.5, 0.6) is 0 Å². The van der Waals surface area contributed by atoms with E-state index in [1.165, 1.54) is 11.8 Å². The van der Waals surface area contributed by atoms with Crippen LogP contribution in [0.15, 0.2) is 59.5 Å². The highest BCUT2D eigenvalue weighted by Crippen LogP contribution is 2.22. The van der Waals surface area contributed by atoms with Crippen LogP contribution >= 0.6 is 24.0 Å². The third kappa shape index (κ3) is 6.30. The number of carbonyl (C=O) groups is 1. The quantitative estimate of drug-likeness (QED) is 0.465. The number of thiocarbonyl (C=S) groups is 1. The molecule has 0 fully saturated rings. The highest BCUT2D eigenvalue weighted by atomic mass is 32.2. The topological polar surface area (TPSA) is 50.4 Å². The molecule has 0 aliphatic rings. The first-order valence-electron chi connectivity index (χ1n) is 7.19. The number of ether oxygens (including phenoxy) is 1. The number of benzene rings is 2. The summed E-state index contributed by atoms with van der Waals surface area (Å²) in [4.78, 5) is 12.4. The monoisotopic (exact) mass is 346 g/mol. The van der Waals surface area contributed by atoms with Gasteiger partial charge >= 0.3 is 5.97 Å². The van der Waals surface area contributed by atoms with Crippen molar-refractivity contribution in [1.82, 2.24) is 0 Å². The lowest BCUT2D eigenvalue weighted by Gasteiger charge is -2.11. The van der Waals surface area contributed by atoms with Gasteiger partial charge < -0.3 is 15.4 Å². The molecule has 120 valence electrons. The fourth-order valence-electron chi connectivity index (χ4n) is 1.82. The van der Waals surface area contributed by atoms with E-state index in [-0.39, 0.29) is 5.97 Å². The second-order valence-electron chi connectivity index (χ2n) is 4.57. The van der Waals surface area contributed by atoms with Crippen molar-refractivity contribution in [2.45, 2.75) is 11.8 Å². The van der Waals surface area contributed by atoms with Gasteiger partial charge in [0.1, 0.15) is 0 Å². The minimum atomic E-state index is -0.211. The molecule has 0 heterocycles. The smallest absolute Gasteiger partial charge is 0.316 e. The second kappa shape index (κ2) is 9.17. The molecule has 0 radical (unpaired) electrons. The number of rotatable bonds is 6. The van der Waals surface area contributed by atoms with Crippen molar-refractivity contribution in [3.05, 3.63) is 54.6 Å². The Balaban J connectivity index is 1.89. The summed E-state index contributed by atoms with van der Waals surface area (Å²) < 4.78 is 4.92. The molecule has 0 bridgehead atoms. The SMILES string of the molecule is CCOC(=O)CSc1cccc(NC(=S)Nc2ccccc2)c1. The molecule has 23 heavy (non-hydrogen) atoms. The standard InChI is InChI=1S/C17H18N2O2S2/c1-2-21-16(20)12-23-15-10-6-9-14(11-15)19-17(22)18-13-7-4-3-5-8-13/h3-11H,2,12H2,1H3,(H2,18,19,22). The summed E-state index contributed by atoms with van der Waals surface area (Å²) in [5.41, 5.74) is 1.80. The third-order valence-corrected chi connectivity index (χ3v) is 3.96. The average molecular weight is 346 g/mol. The van der Waals surface area contributed by atoms with Crippen molar-refractivity contribution < 1.29 is 9.53 Å². The van der Waals surface area contributed by atoms with E-state index in [1.54, 1.807) is 6.92 Å². The lowest BCUT2D eigenvalue weighted by Crippen LogP contribution is -2.18. The molecule has 0 aliphatic carbocycles. The van der Waals surface area contributed by atoms with Crippen molar-refractivity contribution in [3.63, 3.8) is 0 Å². The minimum absolute atomic E-state index is 0.211. The molecule has 2 rings (SSSR count). The summed E-state index contributed by atoms with van der Waals surface area (Å²) in [5.74, 6) is 0.0846. The van der Waals surface area contributed by atoms with E-state index in [2.05, 4.69) is 10.6 Å². The van der Waals surface area contributed by atoms with Crippen LogP contribution in [0.25, 0.3) is 0 Å². The molecule has 2 N–H and O–H groups in total. The van der Waals surface area contributed by atoms with Gasteiger partial charge in [0.2, 0.25) is 0 Å². The van der Waals surface area contributed by atoms with E-state index in [9.17, 15) is 4.79 Å². The molecule has 6 heteroatoms. The van der Waals surface area contributed by atoms with E-state index >= 15 is 0 Å². The summed E-state index contributed by atoms with van der Waals surface area (Å²) in [6, 6.07) is 17.5. The van der Waals surface area contributed by atoms with Crippen LogP contribution in [0.2, 0.25) is 0 Å². The molecule has 0 saturated heterocycles. The first-order valence-corrected chi connectivity index (χ1v) is 8.58. The maximum Gasteiger partial charge on any atom is 0.316 e. The van der Waals surface area contributed by atoms with Gasteiger partial charge in [0.15, 0.2) is 5.11 Å². The second-order valence-corrected chi connectivity index (χ2v) is 6.02. The van der Waals surface area contributed by atoms with Crippen molar-refractivity contribution in [2.24, 2.45) is 0 Å². The molecule has 0 aromatic heterocycles. The van der Waals surface area contributed by atoms with Gasteiger partial charge in [0.05, 0.1) is 12.4 Å². The number of para-hydroxylation sites is 1. The number of anilines is 2. The molecule has 0 atom stereocenters. The number of nitrogens with one attached hydrogen (secondary N) is 2. The molecule has 0 aliphatic heterocycles. The van der Waals surface area contributed by atoms with Gasteiger partial charge in [-0.3, -0.25) is 4.79 Å². The highest BCUT2D eigenvalue weighted by molar-refractivity contribution is 8.00. The summed E-state index contributed by atoms with van der Waals surface area (Å²) >= 11 is 6.73. The Morgan fingerprint density at radius 2 is 1.78 bits per heavy atom. The Hall–Kier alpha value is -2.05. The van der Waals surface area contributed by atoms with Gasteiger partial charge in [-0.2, -0.15) is 0 Å². The molecular weight excluding hydrogens is 328 g/mol. The fraction of sp³-hybridized carbons (Fsp3) is 0.176.